The van der Waals surface area contributed by atoms with Crippen LogP contribution in [0.2, 0.25) is 0 Å². The van der Waals surface area contributed by atoms with Gasteiger partial charge in [0.1, 0.15) is 6.61 Å². The van der Waals surface area contributed by atoms with E-state index in [0.29, 0.717) is 24.7 Å². The van der Waals surface area contributed by atoms with Crippen LogP contribution in [0.25, 0.3) is 0 Å². The van der Waals surface area contributed by atoms with E-state index in [2.05, 4.69) is 5.32 Å². The molecule has 6 nitrogen and oxygen atoms in total. The van der Waals surface area contributed by atoms with Gasteiger partial charge in [-0.15, -0.1) is 0 Å². The summed E-state index contributed by atoms with van der Waals surface area (Å²) in [7, 11) is 2.86. The van der Waals surface area contributed by atoms with Gasteiger partial charge in [-0.3, -0.25) is 9.59 Å². The van der Waals surface area contributed by atoms with E-state index in [0.717, 1.165) is 11.1 Å². The van der Waals surface area contributed by atoms with Crippen LogP contribution >= 0.6 is 0 Å². The Hall–Kier alpha value is -3.02. The summed E-state index contributed by atoms with van der Waals surface area (Å²) in [6, 6.07) is 15.3. The molecular formula is C21H23NO5. The van der Waals surface area contributed by atoms with Gasteiger partial charge in [0.15, 0.2) is 16.9 Å². The molecule has 1 unspecified atom stereocenters. The highest BCUT2D eigenvalue weighted by atomic mass is 16.5. The maximum absolute atomic E-state index is 12.3. The molecule has 1 heterocycles. The van der Waals surface area contributed by atoms with Crippen molar-refractivity contribution in [2.45, 2.75) is 19.4 Å². The molecule has 1 amide bonds. The number of carbonyl (C=O) groups excluding carboxylic acids is 2. The smallest absolute Gasteiger partial charge is 0.321 e. The summed E-state index contributed by atoms with van der Waals surface area (Å²) in [5.74, 6) is -0.0911. The Morgan fingerprint density at radius 2 is 1.89 bits per heavy atom. The average Bonchev–Trinajstić information content (AvgIpc) is 3.02. The fraction of sp³-hybridized carbons (Fsp3) is 0.333. The molecule has 1 fully saturated rings. The number of carbonyl (C=O) groups is 2. The fourth-order valence-corrected chi connectivity index (χ4v) is 3.40. The van der Waals surface area contributed by atoms with Gasteiger partial charge in [-0.1, -0.05) is 36.4 Å². The highest BCUT2D eigenvalue weighted by Crippen LogP contribution is 2.43. The minimum absolute atomic E-state index is 0.332. The zero-order chi connectivity index (χ0) is 19.4. The van der Waals surface area contributed by atoms with Crippen LogP contribution < -0.4 is 14.8 Å². The van der Waals surface area contributed by atoms with Crippen molar-refractivity contribution < 1.29 is 23.8 Å². The molecule has 6 heteroatoms. The number of rotatable bonds is 6. The van der Waals surface area contributed by atoms with Crippen LogP contribution in [0.4, 0.5) is 0 Å². The van der Waals surface area contributed by atoms with Gasteiger partial charge in [0.25, 0.3) is 0 Å². The molecule has 2 atom stereocenters. The Bertz CT molecular complexity index is 836. The molecule has 27 heavy (non-hydrogen) atoms. The normalized spacial score (nSPS) is 21.4. The minimum Gasteiger partial charge on any atom is -0.493 e. The third kappa shape index (κ3) is 3.47. The molecule has 1 aliphatic rings. The summed E-state index contributed by atoms with van der Waals surface area (Å²) in [4.78, 5) is 24.6. The number of amides is 1. The van der Waals surface area contributed by atoms with E-state index in [9.17, 15) is 9.59 Å². The third-order valence-corrected chi connectivity index (χ3v) is 5.07. The van der Waals surface area contributed by atoms with Crippen LogP contribution in [0.3, 0.4) is 0 Å². The Morgan fingerprint density at radius 3 is 2.56 bits per heavy atom. The van der Waals surface area contributed by atoms with Crippen molar-refractivity contribution in [3.63, 3.8) is 0 Å². The van der Waals surface area contributed by atoms with Gasteiger partial charge in [-0.25, -0.2) is 0 Å². The molecule has 0 saturated carbocycles. The number of hydrogen-bond donors (Lipinski definition) is 1. The standard InChI is InChI=1S/C21H23NO5/c1-21(20(24)26-3)16(12-22-19(21)23)15-9-10-17(25-2)18(11-15)27-13-14-7-5-4-6-8-14/h4-11,16H,12-13H2,1-3H3,(H,22,23)/t16?,21-/m0/s1. The second-order valence-corrected chi connectivity index (χ2v) is 6.64. The van der Waals surface area contributed by atoms with Gasteiger partial charge in [0, 0.05) is 12.5 Å². The Labute approximate surface area is 158 Å². The first kappa shape index (κ1) is 18.8. The van der Waals surface area contributed by atoms with Gasteiger partial charge in [0.2, 0.25) is 5.91 Å². The lowest BCUT2D eigenvalue weighted by molar-refractivity contribution is -0.156. The second kappa shape index (κ2) is 7.70. The third-order valence-electron chi connectivity index (χ3n) is 5.07. The zero-order valence-electron chi connectivity index (χ0n) is 15.7. The Kier molecular flexibility index (Phi) is 5.35. The first-order valence-corrected chi connectivity index (χ1v) is 8.72. The molecule has 1 saturated heterocycles. The summed E-state index contributed by atoms with van der Waals surface area (Å²) in [6.45, 7) is 2.35. The zero-order valence-corrected chi connectivity index (χ0v) is 15.7. The summed E-state index contributed by atoms with van der Waals surface area (Å²) in [6.07, 6.45) is 0. The minimum atomic E-state index is -1.28. The molecule has 0 spiro atoms. The van der Waals surface area contributed by atoms with Crippen molar-refractivity contribution in [1.82, 2.24) is 5.32 Å². The lowest BCUT2D eigenvalue weighted by Crippen LogP contribution is -2.40. The average molecular weight is 369 g/mol. The van der Waals surface area contributed by atoms with Crippen molar-refractivity contribution >= 4 is 11.9 Å². The topological polar surface area (TPSA) is 73.9 Å². The molecule has 2 aromatic carbocycles. The van der Waals surface area contributed by atoms with Crippen LogP contribution in [-0.2, 0) is 20.9 Å². The van der Waals surface area contributed by atoms with E-state index in [1.54, 1.807) is 20.1 Å². The van der Waals surface area contributed by atoms with E-state index in [-0.39, 0.29) is 11.8 Å². The van der Waals surface area contributed by atoms with E-state index in [4.69, 9.17) is 14.2 Å². The first-order valence-electron chi connectivity index (χ1n) is 8.72. The maximum atomic E-state index is 12.3. The highest BCUT2D eigenvalue weighted by Gasteiger charge is 2.54. The highest BCUT2D eigenvalue weighted by molar-refractivity contribution is 6.05. The number of esters is 1. The molecule has 0 aromatic heterocycles. The number of ether oxygens (including phenoxy) is 3. The summed E-state index contributed by atoms with van der Waals surface area (Å²) >= 11 is 0. The molecule has 1 aliphatic heterocycles. The van der Waals surface area contributed by atoms with Crippen LogP contribution in [-0.4, -0.2) is 32.6 Å². The van der Waals surface area contributed by atoms with Gasteiger partial charge in [0.05, 0.1) is 14.2 Å². The van der Waals surface area contributed by atoms with Crippen molar-refractivity contribution in [3.05, 3.63) is 59.7 Å². The predicted octanol–water partition coefficient (Wildman–Crippen LogP) is 2.67. The Morgan fingerprint density at radius 1 is 1.15 bits per heavy atom. The number of nitrogens with one attached hydrogen (secondary N) is 1. The van der Waals surface area contributed by atoms with Crippen molar-refractivity contribution in [1.29, 1.82) is 0 Å². The lowest BCUT2D eigenvalue weighted by atomic mass is 9.75. The molecule has 0 radical (unpaired) electrons. The van der Waals surface area contributed by atoms with Crippen molar-refractivity contribution in [2.75, 3.05) is 20.8 Å². The summed E-state index contributed by atoms with van der Waals surface area (Å²) < 4.78 is 16.2. The Balaban J connectivity index is 1.90. The quantitative estimate of drug-likeness (QED) is 0.626. The van der Waals surface area contributed by atoms with E-state index >= 15 is 0 Å². The number of benzene rings is 2. The summed E-state index contributed by atoms with van der Waals surface area (Å²) in [5.41, 5.74) is 0.562. The largest absolute Gasteiger partial charge is 0.493 e. The van der Waals surface area contributed by atoms with Crippen LogP contribution in [0.1, 0.15) is 24.0 Å². The van der Waals surface area contributed by atoms with Crippen LogP contribution in [0.5, 0.6) is 11.5 Å². The first-order chi connectivity index (χ1) is 13.0. The van der Waals surface area contributed by atoms with Gasteiger partial charge >= 0.3 is 5.97 Å². The van der Waals surface area contributed by atoms with Crippen molar-refractivity contribution in [3.8, 4) is 11.5 Å². The van der Waals surface area contributed by atoms with Gasteiger partial charge < -0.3 is 19.5 Å². The molecule has 142 valence electrons. The van der Waals surface area contributed by atoms with Crippen molar-refractivity contribution in [2.24, 2.45) is 5.41 Å². The second-order valence-electron chi connectivity index (χ2n) is 6.64. The number of hydrogen-bond acceptors (Lipinski definition) is 5. The predicted molar refractivity (Wildman–Crippen MR) is 99.6 cm³/mol. The summed E-state index contributed by atoms with van der Waals surface area (Å²) in [5, 5.41) is 2.77. The fourth-order valence-electron chi connectivity index (χ4n) is 3.40. The molecule has 0 aliphatic carbocycles. The van der Waals surface area contributed by atoms with Gasteiger partial charge in [-0.2, -0.15) is 0 Å². The van der Waals surface area contributed by atoms with E-state index in [1.165, 1.54) is 7.11 Å². The molecule has 2 aromatic rings. The number of methoxy groups -OCH3 is 2. The molecule has 1 N–H and O–H groups in total. The van der Waals surface area contributed by atoms with Crippen LogP contribution in [0, 0.1) is 5.41 Å². The van der Waals surface area contributed by atoms with E-state index < -0.39 is 11.4 Å². The molecule has 0 bridgehead atoms. The van der Waals surface area contributed by atoms with Gasteiger partial charge in [-0.05, 0) is 30.2 Å². The lowest BCUT2D eigenvalue weighted by Gasteiger charge is -2.26. The molecule has 3 rings (SSSR count). The maximum Gasteiger partial charge on any atom is 0.321 e. The monoisotopic (exact) mass is 369 g/mol. The SMILES string of the molecule is COC(=O)[C@]1(C)C(=O)NCC1c1ccc(OC)c(OCc2ccccc2)c1. The van der Waals surface area contributed by atoms with E-state index in [1.807, 2.05) is 42.5 Å². The molecular weight excluding hydrogens is 346 g/mol. The van der Waals surface area contributed by atoms with Crippen LogP contribution in [0.15, 0.2) is 48.5 Å².